The highest BCUT2D eigenvalue weighted by Crippen LogP contribution is 2.31. The van der Waals surface area contributed by atoms with Gasteiger partial charge in [-0.25, -0.2) is 14.4 Å². The molecule has 0 radical (unpaired) electrons. The first-order valence-electron chi connectivity index (χ1n) is 7.39. The Morgan fingerprint density at radius 1 is 1.12 bits per heavy atom. The van der Waals surface area contributed by atoms with Gasteiger partial charge >= 0.3 is 0 Å². The monoisotopic (exact) mass is 339 g/mol. The van der Waals surface area contributed by atoms with Gasteiger partial charge in [0.25, 0.3) is 0 Å². The van der Waals surface area contributed by atoms with Crippen molar-refractivity contribution in [1.29, 1.82) is 0 Å². The van der Waals surface area contributed by atoms with Gasteiger partial charge in [-0.15, -0.1) is 11.3 Å². The predicted molar refractivity (Wildman–Crippen MR) is 92.5 cm³/mol. The lowest BCUT2D eigenvalue weighted by molar-refractivity contribution is 0.626. The lowest BCUT2D eigenvalue weighted by Gasteiger charge is -2.19. The summed E-state index contributed by atoms with van der Waals surface area (Å²) in [6.07, 6.45) is 5.28. The third-order valence-corrected chi connectivity index (χ3v) is 4.70. The Bertz CT molecular complexity index is 976. The molecule has 0 saturated carbocycles. The average Bonchev–Trinajstić information content (AvgIpc) is 3.23. The maximum absolute atomic E-state index is 13.3. The van der Waals surface area contributed by atoms with Crippen LogP contribution in [0.3, 0.4) is 0 Å². The molecule has 120 valence electrons. The van der Waals surface area contributed by atoms with E-state index in [2.05, 4.69) is 20.4 Å². The molecule has 1 unspecified atom stereocenters. The van der Waals surface area contributed by atoms with Gasteiger partial charge in [0.2, 0.25) is 0 Å². The number of nitrogens with one attached hydrogen (secondary N) is 1. The van der Waals surface area contributed by atoms with E-state index in [1.165, 1.54) is 12.1 Å². The Morgan fingerprint density at radius 3 is 2.71 bits per heavy atom. The first-order valence-corrected chi connectivity index (χ1v) is 8.27. The van der Waals surface area contributed by atoms with Gasteiger partial charge in [-0.05, 0) is 29.1 Å². The van der Waals surface area contributed by atoms with E-state index in [0.717, 1.165) is 27.2 Å². The van der Waals surface area contributed by atoms with Gasteiger partial charge < -0.3 is 5.32 Å². The lowest BCUT2D eigenvalue weighted by atomic mass is 10.0. The van der Waals surface area contributed by atoms with Gasteiger partial charge in [0.1, 0.15) is 18.0 Å². The summed E-state index contributed by atoms with van der Waals surface area (Å²) in [7, 11) is 1.87. The molecule has 4 rings (SSSR count). The summed E-state index contributed by atoms with van der Waals surface area (Å²) in [5.41, 5.74) is 2.82. The molecular weight excluding hydrogens is 325 g/mol. The first kappa shape index (κ1) is 14.8. The van der Waals surface area contributed by atoms with Crippen LogP contribution in [-0.2, 0) is 7.05 Å². The summed E-state index contributed by atoms with van der Waals surface area (Å²) in [6.45, 7) is 0. The first-order chi connectivity index (χ1) is 11.7. The van der Waals surface area contributed by atoms with Gasteiger partial charge in [-0.3, -0.25) is 4.68 Å². The van der Waals surface area contributed by atoms with Crippen molar-refractivity contribution in [2.75, 3.05) is 5.32 Å². The van der Waals surface area contributed by atoms with Gasteiger partial charge in [0, 0.05) is 18.8 Å². The lowest BCUT2D eigenvalue weighted by Crippen LogP contribution is -2.13. The Hall–Kier alpha value is -2.80. The molecule has 5 nitrogen and oxygen atoms in total. The Morgan fingerprint density at radius 2 is 1.96 bits per heavy atom. The van der Waals surface area contributed by atoms with Gasteiger partial charge in [0.05, 0.1) is 22.5 Å². The molecule has 4 aromatic rings. The Kier molecular flexibility index (Phi) is 3.70. The van der Waals surface area contributed by atoms with Crippen molar-refractivity contribution >= 4 is 27.4 Å². The highest BCUT2D eigenvalue weighted by molar-refractivity contribution is 7.17. The number of anilines is 1. The van der Waals surface area contributed by atoms with Crippen molar-refractivity contribution in [2.24, 2.45) is 7.05 Å². The molecule has 1 N–H and O–H groups in total. The van der Waals surface area contributed by atoms with Crippen molar-refractivity contribution < 1.29 is 4.39 Å². The van der Waals surface area contributed by atoms with Crippen LogP contribution in [0.15, 0.2) is 54.4 Å². The van der Waals surface area contributed by atoms with Crippen LogP contribution >= 0.6 is 11.3 Å². The SMILES string of the molecule is Cn1cc(C(Nc2ncnc3ccsc23)c2ccc(F)cc2)cn1. The van der Waals surface area contributed by atoms with Crippen LogP contribution in [0.25, 0.3) is 10.2 Å². The van der Waals surface area contributed by atoms with Crippen molar-refractivity contribution in [3.8, 4) is 0 Å². The number of hydrogen-bond donors (Lipinski definition) is 1. The molecule has 3 aromatic heterocycles. The van der Waals surface area contributed by atoms with E-state index < -0.39 is 0 Å². The minimum absolute atomic E-state index is 0.181. The Balaban J connectivity index is 1.78. The number of rotatable bonds is 4. The molecule has 1 atom stereocenters. The number of benzene rings is 1. The molecule has 0 bridgehead atoms. The highest BCUT2D eigenvalue weighted by Gasteiger charge is 2.18. The van der Waals surface area contributed by atoms with E-state index in [0.29, 0.717) is 0 Å². The minimum Gasteiger partial charge on any atom is -0.358 e. The predicted octanol–water partition coefficient (Wildman–Crippen LogP) is 3.77. The molecule has 0 aliphatic heterocycles. The highest BCUT2D eigenvalue weighted by atomic mass is 32.1. The fourth-order valence-corrected chi connectivity index (χ4v) is 3.43. The molecule has 0 amide bonds. The number of hydrogen-bond acceptors (Lipinski definition) is 5. The summed E-state index contributed by atoms with van der Waals surface area (Å²) < 4.78 is 16.0. The van der Waals surface area contributed by atoms with Gasteiger partial charge in [-0.2, -0.15) is 5.10 Å². The van der Waals surface area contributed by atoms with E-state index in [4.69, 9.17) is 0 Å². The van der Waals surface area contributed by atoms with Gasteiger partial charge in [0.15, 0.2) is 0 Å². The fraction of sp³-hybridized carbons (Fsp3) is 0.118. The molecule has 0 aliphatic carbocycles. The van der Waals surface area contributed by atoms with Crippen molar-refractivity contribution in [3.05, 3.63) is 71.4 Å². The maximum atomic E-state index is 13.3. The van der Waals surface area contributed by atoms with Crippen LogP contribution in [-0.4, -0.2) is 19.7 Å². The van der Waals surface area contributed by atoms with Crippen LogP contribution in [0.5, 0.6) is 0 Å². The molecule has 0 aliphatic rings. The number of nitrogens with zero attached hydrogens (tertiary/aromatic N) is 4. The third-order valence-electron chi connectivity index (χ3n) is 3.79. The van der Waals surface area contributed by atoms with Gasteiger partial charge in [-0.1, -0.05) is 12.1 Å². The second-order valence-electron chi connectivity index (χ2n) is 5.43. The Labute approximate surface area is 141 Å². The molecule has 24 heavy (non-hydrogen) atoms. The van der Waals surface area contributed by atoms with E-state index in [9.17, 15) is 4.39 Å². The van der Waals surface area contributed by atoms with Crippen LogP contribution in [0.2, 0.25) is 0 Å². The zero-order chi connectivity index (χ0) is 16.5. The number of aryl methyl sites for hydroxylation is 1. The molecule has 0 saturated heterocycles. The van der Waals surface area contributed by atoms with Crippen molar-refractivity contribution in [2.45, 2.75) is 6.04 Å². The minimum atomic E-state index is -0.258. The zero-order valence-corrected chi connectivity index (χ0v) is 13.7. The second kappa shape index (κ2) is 6.01. The number of halogens is 1. The second-order valence-corrected chi connectivity index (χ2v) is 6.35. The summed E-state index contributed by atoms with van der Waals surface area (Å²) in [5, 5.41) is 9.69. The summed E-state index contributed by atoms with van der Waals surface area (Å²) in [6, 6.07) is 8.24. The van der Waals surface area contributed by atoms with E-state index in [1.807, 2.05) is 24.7 Å². The fourth-order valence-electron chi connectivity index (χ4n) is 2.63. The van der Waals surface area contributed by atoms with Crippen molar-refractivity contribution in [1.82, 2.24) is 19.7 Å². The molecule has 0 spiro atoms. The summed E-state index contributed by atoms with van der Waals surface area (Å²) in [4.78, 5) is 8.64. The number of fused-ring (bicyclic) bond motifs is 1. The quantitative estimate of drug-likeness (QED) is 0.615. The molecular formula is C17H14FN5S. The van der Waals surface area contributed by atoms with Crippen molar-refractivity contribution in [3.63, 3.8) is 0 Å². The maximum Gasteiger partial charge on any atom is 0.148 e. The smallest absolute Gasteiger partial charge is 0.148 e. The van der Waals surface area contributed by atoms with E-state index in [-0.39, 0.29) is 11.9 Å². The standard InChI is InChI=1S/C17H14FN5S/c1-23-9-12(8-21-23)15(11-2-4-13(18)5-3-11)22-17-16-14(6-7-24-16)19-10-20-17/h2-10,15H,1H3,(H,19,20,22). The van der Waals surface area contributed by atoms with Crippen LogP contribution < -0.4 is 5.32 Å². The largest absolute Gasteiger partial charge is 0.358 e. The number of aromatic nitrogens is 4. The van der Waals surface area contributed by atoms with Crippen LogP contribution in [0.1, 0.15) is 17.2 Å². The molecule has 3 heterocycles. The van der Waals surface area contributed by atoms with E-state index >= 15 is 0 Å². The zero-order valence-electron chi connectivity index (χ0n) is 12.8. The number of thiophene rings is 1. The normalized spacial score (nSPS) is 12.4. The van der Waals surface area contributed by atoms with Crippen LogP contribution in [0, 0.1) is 5.82 Å². The summed E-state index contributed by atoms with van der Waals surface area (Å²) >= 11 is 1.59. The average molecular weight is 339 g/mol. The van der Waals surface area contributed by atoms with Crippen LogP contribution in [0.4, 0.5) is 10.2 Å². The molecule has 7 heteroatoms. The topological polar surface area (TPSA) is 55.6 Å². The molecule has 1 aromatic carbocycles. The summed E-state index contributed by atoms with van der Waals surface area (Å²) in [5.74, 6) is 0.500. The van der Waals surface area contributed by atoms with E-state index in [1.54, 1.807) is 40.7 Å². The third kappa shape index (κ3) is 2.74. The molecule has 0 fully saturated rings.